The molecule has 1 aliphatic rings. The quantitative estimate of drug-likeness (QED) is 0.744. The fraction of sp³-hybridized carbons (Fsp3) is 0.462. The molecule has 2 rings (SSSR count). The van der Waals surface area contributed by atoms with Crippen molar-refractivity contribution in [2.45, 2.75) is 19.4 Å². The van der Waals surface area contributed by atoms with Crippen LogP contribution in [0.15, 0.2) is 24.3 Å². The first kappa shape index (κ1) is 12.4. The van der Waals surface area contributed by atoms with Crippen molar-refractivity contribution in [3.05, 3.63) is 35.6 Å². The standard InChI is InChI=1S/C13H15ClFNO/c1-9-6-7-16(12(9)8-14)13(17)10-2-4-11(15)5-3-10/h2-5,9,12H,6-8H2,1H3. The second kappa shape index (κ2) is 5.05. The normalized spacial score (nSPS) is 24.1. The van der Waals surface area contributed by atoms with Gasteiger partial charge in [0.2, 0.25) is 0 Å². The Morgan fingerprint density at radius 3 is 2.71 bits per heavy atom. The number of alkyl halides is 1. The molecule has 0 N–H and O–H groups in total. The van der Waals surface area contributed by atoms with Crippen LogP contribution in [0.4, 0.5) is 4.39 Å². The van der Waals surface area contributed by atoms with Crippen LogP contribution in [0.5, 0.6) is 0 Å². The fourth-order valence-corrected chi connectivity index (χ4v) is 2.72. The van der Waals surface area contributed by atoms with E-state index in [-0.39, 0.29) is 17.8 Å². The SMILES string of the molecule is CC1CCN(C(=O)c2ccc(F)cc2)C1CCl. The summed E-state index contributed by atoms with van der Waals surface area (Å²) in [6, 6.07) is 5.75. The Morgan fingerprint density at radius 2 is 2.12 bits per heavy atom. The Kier molecular flexibility index (Phi) is 3.67. The minimum atomic E-state index is -0.328. The number of carbonyl (C=O) groups is 1. The zero-order chi connectivity index (χ0) is 12.4. The number of likely N-dealkylation sites (tertiary alicyclic amines) is 1. The molecule has 2 unspecified atom stereocenters. The summed E-state index contributed by atoms with van der Waals surface area (Å²) in [5.74, 6) is 0.496. The zero-order valence-electron chi connectivity index (χ0n) is 9.70. The Morgan fingerprint density at radius 1 is 1.47 bits per heavy atom. The van der Waals surface area contributed by atoms with E-state index in [0.29, 0.717) is 17.4 Å². The van der Waals surface area contributed by atoms with Gasteiger partial charge in [0.05, 0.1) is 0 Å². The highest BCUT2D eigenvalue weighted by molar-refractivity contribution is 6.18. The fourth-order valence-electron chi connectivity index (χ4n) is 2.25. The van der Waals surface area contributed by atoms with Gasteiger partial charge in [-0.15, -0.1) is 11.6 Å². The van der Waals surface area contributed by atoms with Crippen LogP contribution >= 0.6 is 11.6 Å². The number of halogens is 2. The van der Waals surface area contributed by atoms with E-state index in [9.17, 15) is 9.18 Å². The molecule has 2 atom stereocenters. The summed E-state index contributed by atoms with van der Waals surface area (Å²) in [5, 5.41) is 0. The summed E-state index contributed by atoms with van der Waals surface area (Å²) in [7, 11) is 0. The average Bonchev–Trinajstić information content (AvgIpc) is 2.70. The van der Waals surface area contributed by atoms with Crippen LogP contribution in [0.3, 0.4) is 0 Å². The Bertz CT molecular complexity index is 406. The highest BCUT2D eigenvalue weighted by atomic mass is 35.5. The predicted molar refractivity (Wildman–Crippen MR) is 65.7 cm³/mol. The highest BCUT2D eigenvalue weighted by Crippen LogP contribution is 2.26. The summed E-state index contributed by atoms with van der Waals surface area (Å²) >= 11 is 5.90. The van der Waals surface area contributed by atoms with Crippen molar-refractivity contribution in [3.63, 3.8) is 0 Å². The third-order valence-corrected chi connectivity index (χ3v) is 3.71. The van der Waals surface area contributed by atoms with E-state index < -0.39 is 0 Å². The minimum absolute atomic E-state index is 0.0556. The minimum Gasteiger partial charge on any atom is -0.334 e. The molecule has 1 aliphatic heterocycles. The molecule has 1 heterocycles. The molecule has 92 valence electrons. The molecule has 0 aliphatic carbocycles. The number of carbonyl (C=O) groups excluding carboxylic acids is 1. The summed E-state index contributed by atoms with van der Waals surface area (Å²) in [6.45, 7) is 2.83. The Hall–Kier alpha value is -1.09. The molecule has 0 aromatic heterocycles. The number of rotatable bonds is 2. The van der Waals surface area contributed by atoms with Crippen molar-refractivity contribution < 1.29 is 9.18 Å². The van der Waals surface area contributed by atoms with Gasteiger partial charge in [-0.1, -0.05) is 6.92 Å². The first-order valence-corrected chi connectivity index (χ1v) is 6.29. The summed E-state index contributed by atoms with van der Waals surface area (Å²) in [5.41, 5.74) is 0.524. The van der Waals surface area contributed by atoms with E-state index in [1.165, 1.54) is 24.3 Å². The maximum atomic E-state index is 12.8. The van der Waals surface area contributed by atoms with E-state index in [1.54, 1.807) is 4.90 Å². The van der Waals surface area contributed by atoms with Crippen LogP contribution in [0.1, 0.15) is 23.7 Å². The molecule has 4 heteroatoms. The molecule has 1 fully saturated rings. The van der Waals surface area contributed by atoms with Gasteiger partial charge in [-0.2, -0.15) is 0 Å². The molecular formula is C13H15ClFNO. The lowest BCUT2D eigenvalue weighted by atomic mass is 10.0. The maximum absolute atomic E-state index is 12.8. The van der Waals surface area contributed by atoms with E-state index in [4.69, 9.17) is 11.6 Å². The Balaban J connectivity index is 2.17. The van der Waals surface area contributed by atoms with Crippen LogP contribution in [-0.2, 0) is 0 Å². The lowest BCUT2D eigenvalue weighted by Crippen LogP contribution is -2.38. The molecule has 0 bridgehead atoms. The third-order valence-electron chi connectivity index (χ3n) is 3.39. The molecular weight excluding hydrogens is 241 g/mol. The number of amides is 1. The lowest BCUT2D eigenvalue weighted by Gasteiger charge is -2.25. The maximum Gasteiger partial charge on any atom is 0.254 e. The van der Waals surface area contributed by atoms with E-state index in [2.05, 4.69) is 6.92 Å². The Labute approximate surface area is 105 Å². The van der Waals surface area contributed by atoms with Crippen LogP contribution in [0.2, 0.25) is 0 Å². The number of nitrogens with zero attached hydrogens (tertiary/aromatic N) is 1. The van der Waals surface area contributed by atoms with E-state index >= 15 is 0 Å². The van der Waals surface area contributed by atoms with Gasteiger partial charge in [-0.25, -0.2) is 4.39 Å². The lowest BCUT2D eigenvalue weighted by molar-refractivity contribution is 0.0737. The smallest absolute Gasteiger partial charge is 0.254 e. The summed E-state index contributed by atoms with van der Waals surface area (Å²) in [6.07, 6.45) is 0.977. The largest absolute Gasteiger partial charge is 0.334 e. The second-order valence-corrected chi connectivity index (χ2v) is 4.80. The van der Waals surface area contributed by atoms with Crippen LogP contribution < -0.4 is 0 Å². The van der Waals surface area contributed by atoms with Crippen LogP contribution in [0.25, 0.3) is 0 Å². The van der Waals surface area contributed by atoms with Crippen LogP contribution in [0, 0.1) is 11.7 Å². The molecule has 1 aromatic rings. The highest BCUT2D eigenvalue weighted by Gasteiger charge is 2.33. The topological polar surface area (TPSA) is 20.3 Å². The van der Waals surface area contributed by atoms with Gasteiger partial charge < -0.3 is 4.90 Å². The second-order valence-electron chi connectivity index (χ2n) is 4.49. The zero-order valence-corrected chi connectivity index (χ0v) is 10.5. The first-order valence-electron chi connectivity index (χ1n) is 5.76. The van der Waals surface area contributed by atoms with E-state index in [1.807, 2.05) is 0 Å². The molecule has 1 amide bonds. The molecule has 0 radical (unpaired) electrons. The number of benzene rings is 1. The average molecular weight is 256 g/mol. The van der Waals surface area contributed by atoms with Crippen molar-refractivity contribution in [1.29, 1.82) is 0 Å². The van der Waals surface area contributed by atoms with Gasteiger partial charge in [-0.05, 0) is 36.6 Å². The number of hydrogen-bond donors (Lipinski definition) is 0. The van der Waals surface area contributed by atoms with Crippen molar-refractivity contribution in [3.8, 4) is 0 Å². The van der Waals surface area contributed by atoms with Gasteiger partial charge in [0, 0.05) is 24.0 Å². The van der Waals surface area contributed by atoms with Crippen molar-refractivity contribution in [1.82, 2.24) is 4.90 Å². The van der Waals surface area contributed by atoms with Crippen molar-refractivity contribution >= 4 is 17.5 Å². The molecule has 0 spiro atoms. The van der Waals surface area contributed by atoms with Crippen molar-refractivity contribution in [2.24, 2.45) is 5.92 Å². The molecule has 0 saturated carbocycles. The monoisotopic (exact) mass is 255 g/mol. The molecule has 1 aromatic carbocycles. The first-order chi connectivity index (χ1) is 8.13. The molecule has 2 nitrogen and oxygen atoms in total. The van der Waals surface area contributed by atoms with Gasteiger partial charge in [0.15, 0.2) is 0 Å². The number of hydrogen-bond acceptors (Lipinski definition) is 1. The third kappa shape index (κ3) is 2.44. The molecule has 1 saturated heterocycles. The van der Waals surface area contributed by atoms with E-state index in [0.717, 1.165) is 13.0 Å². The van der Waals surface area contributed by atoms with Crippen molar-refractivity contribution in [2.75, 3.05) is 12.4 Å². The molecule has 17 heavy (non-hydrogen) atoms. The van der Waals surface area contributed by atoms with Gasteiger partial charge in [-0.3, -0.25) is 4.79 Å². The van der Waals surface area contributed by atoms with Gasteiger partial charge in [0.1, 0.15) is 5.82 Å². The summed E-state index contributed by atoms with van der Waals surface area (Å²) < 4.78 is 12.8. The summed E-state index contributed by atoms with van der Waals surface area (Å²) in [4.78, 5) is 14.0. The van der Waals surface area contributed by atoms with Gasteiger partial charge in [0.25, 0.3) is 5.91 Å². The van der Waals surface area contributed by atoms with Crippen LogP contribution in [-0.4, -0.2) is 29.3 Å². The predicted octanol–water partition coefficient (Wildman–Crippen LogP) is 2.92. The van der Waals surface area contributed by atoms with Gasteiger partial charge >= 0.3 is 0 Å².